The Morgan fingerprint density at radius 1 is 1.47 bits per heavy atom. The van der Waals surface area contributed by atoms with Gasteiger partial charge in [-0.05, 0) is 34.7 Å². The first-order valence-corrected chi connectivity index (χ1v) is 7.34. The summed E-state index contributed by atoms with van der Waals surface area (Å²) in [4.78, 5) is 12.1. The van der Waals surface area contributed by atoms with Gasteiger partial charge in [0.2, 0.25) is 0 Å². The Bertz CT molecular complexity index is 460. The van der Waals surface area contributed by atoms with E-state index in [9.17, 15) is 4.79 Å². The van der Waals surface area contributed by atoms with Gasteiger partial charge in [0.25, 0.3) is 0 Å². The van der Waals surface area contributed by atoms with E-state index in [1.807, 2.05) is 14.0 Å². The standard InChI is InChI=1S/C14H24BrN3O/c1-9-13(15)12(18(5)17-9)7-11(19)6-10(16)8-14(2,3)4/h10H,6-8,16H2,1-5H3. The molecule has 1 heterocycles. The Balaban J connectivity index is 2.61. The van der Waals surface area contributed by atoms with E-state index >= 15 is 0 Å². The maximum absolute atomic E-state index is 12.1. The van der Waals surface area contributed by atoms with Crippen LogP contribution in [0, 0.1) is 12.3 Å². The summed E-state index contributed by atoms with van der Waals surface area (Å²) in [6, 6.07) is -0.0689. The lowest BCUT2D eigenvalue weighted by Crippen LogP contribution is -2.29. The Hall–Kier alpha value is -0.680. The van der Waals surface area contributed by atoms with Crippen molar-refractivity contribution in [3.63, 3.8) is 0 Å². The number of carbonyl (C=O) groups excluding carboxylic acids is 1. The van der Waals surface area contributed by atoms with Gasteiger partial charge in [-0.2, -0.15) is 5.10 Å². The van der Waals surface area contributed by atoms with Crippen molar-refractivity contribution in [2.24, 2.45) is 18.2 Å². The summed E-state index contributed by atoms with van der Waals surface area (Å²) in [7, 11) is 1.86. The number of rotatable bonds is 5. The van der Waals surface area contributed by atoms with Gasteiger partial charge < -0.3 is 5.73 Å². The van der Waals surface area contributed by atoms with Gasteiger partial charge in [0.1, 0.15) is 5.78 Å². The molecule has 0 fully saturated rings. The minimum absolute atomic E-state index is 0.0689. The zero-order valence-corrected chi connectivity index (χ0v) is 14.0. The van der Waals surface area contributed by atoms with Crippen LogP contribution in [0.1, 0.15) is 45.0 Å². The molecular formula is C14H24BrN3O. The zero-order chi connectivity index (χ0) is 14.8. The second kappa shape index (κ2) is 6.18. The summed E-state index contributed by atoms with van der Waals surface area (Å²) in [6.07, 6.45) is 1.66. The molecule has 0 amide bonds. The molecule has 5 heteroatoms. The number of ketones is 1. The van der Waals surface area contributed by atoms with E-state index in [1.54, 1.807) is 4.68 Å². The molecule has 108 valence electrons. The lowest BCUT2D eigenvalue weighted by atomic mass is 9.86. The molecule has 0 spiro atoms. The van der Waals surface area contributed by atoms with Crippen molar-refractivity contribution in [3.05, 3.63) is 15.9 Å². The summed E-state index contributed by atoms with van der Waals surface area (Å²) in [5.74, 6) is 0.167. The van der Waals surface area contributed by atoms with Crippen LogP contribution in [-0.2, 0) is 18.3 Å². The summed E-state index contributed by atoms with van der Waals surface area (Å²) in [5.41, 5.74) is 8.03. The maximum Gasteiger partial charge on any atom is 0.140 e. The van der Waals surface area contributed by atoms with Gasteiger partial charge in [0.15, 0.2) is 0 Å². The lowest BCUT2D eigenvalue weighted by Gasteiger charge is -2.22. The van der Waals surface area contributed by atoms with Crippen molar-refractivity contribution >= 4 is 21.7 Å². The largest absolute Gasteiger partial charge is 0.327 e. The lowest BCUT2D eigenvalue weighted by molar-refractivity contribution is -0.119. The Morgan fingerprint density at radius 3 is 2.47 bits per heavy atom. The van der Waals surface area contributed by atoms with Gasteiger partial charge in [0.05, 0.1) is 15.9 Å². The average Bonchev–Trinajstić information content (AvgIpc) is 2.42. The zero-order valence-electron chi connectivity index (χ0n) is 12.5. The molecular weight excluding hydrogens is 306 g/mol. The normalized spacial score (nSPS) is 13.6. The number of halogens is 1. The van der Waals surface area contributed by atoms with Gasteiger partial charge in [-0.1, -0.05) is 20.8 Å². The molecule has 0 aromatic carbocycles. The quantitative estimate of drug-likeness (QED) is 0.903. The van der Waals surface area contributed by atoms with Crippen molar-refractivity contribution in [2.45, 2.75) is 53.0 Å². The molecule has 0 aliphatic heterocycles. The number of Topliss-reactive ketones (excluding diaryl/α,β-unsaturated/α-hetero) is 1. The molecule has 1 atom stereocenters. The fraction of sp³-hybridized carbons (Fsp3) is 0.714. The summed E-state index contributed by atoms with van der Waals surface area (Å²) >= 11 is 3.48. The number of aryl methyl sites for hydroxylation is 2. The van der Waals surface area contributed by atoms with E-state index in [1.165, 1.54) is 0 Å². The van der Waals surface area contributed by atoms with Crippen molar-refractivity contribution in [1.29, 1.82) is 0 Å². The summed E-state index contributed by atoms with van der Waals surface area (Å²) in [6.45, 7) is 8.33. The Morgan fingerprint density at radius 2 is 2.05 bits per heavy atom. The van der Waals surface area contributed by atoms with Crippen LogP contribution in [0.3, 0.4) is 0 Å². The molecule has 0 aliphatic rings. The third-order valence-corrected chi connectivity index (χ3v) is 4.02. The molecule has 0 aliphatic carbocycles. The maximum atomic E-state index is 12.1. The smallest absolute Gasteiger partial charge is 0.140 e. The second-order valence-electron chi connectivity index (χ2n) is 6.41. The van der Waals surface area contributed by atoms with Crippen molar-refractivity contribution in [3.8, 4) is 0 Å². The minimum atomic E-state index is -0.0689. The van der Waals surface area contributed by atoms with Crippen LogP contribution in [0.4, 0.5) is 0 Å². The highest BCUT2D eigenvalue weighted by Gasteiger charge is 2.20. The van der Waals surface area contributed by atoms with E-state index in [0.717, 1.165) is 22.3 Å². The third-order valence-electron chi connectivity index (χ3n) is 2.99. The number of hydrogen-bond acceptors (Lipinski definition) is 3. The highest BCUT2D eigenvalue weighted by molar-refractivity contribution is 9.10. The molecule has 1 aromatic rings. The van der Waals surface area contributed by atoms with E-state index in [2.05, 4.69) is 41.8 Å². The van der Waals surface area contributed by atoms with Crippen LogP contribution < -0.4 is 5.73 Å². The third kappa shape index (κ3) is 5.07. The molecule has 4 nitrogen and oxygen atoms in total. The molecule has 0 saturated heterocycles. The highest BCUT2D eigenvalue weighted by atomic mass is 79.9. The van der Waals surface area contributed by atoms with Crippen molar-refractivity contribution in [2.75, 3.05) is 0 Å². The summed E-state index contributed by atoms with van der Waals surface area (Å²) in [5, 5.41) is 4.29. The van der Waals surface area contributed by atoms with E-state index in [-0.39, 0.29) is 17.2 Å². The van der Waals surface area contributed by atoms with Crippen LogP contribution >= 0.6 is 15.9 Å². The number of hydrogen-bond donors (Lipinski definition) is 1. The minimum Gasteiger partial charge on any atom is -0.327 e. The number of nitrogens with zero attached hydrogens (tertiary/aromatic N) is 2. The highest BCUT2D eigenvalue weighted by Crippen LogP contribution is 2.23. The molecule has 1 aromatic heterocycles. The molecule has 0 saturated carbocycles. The first-order chi connectivity index (χ1) is 8.60. The van der Waals surface area contributed by atoms with E-state index < -0.39 is 0 Å². The first-order valence-electron chi connectivity index (χ1n) is 6.55. The van der Waals surface area contributed by atoms with Crippen LogP contribution in [-0.4, -0.2) is 21.6 Å². The number of carbonyl (C=O) groups is 1. The van der Waals surface area contributed by atoms with Gasteiger partial charge in [-0.15, -0.1) is 0 Å². The fourth-order valence-corrected chi connectivity index (χ4v) is 2.76. The molecule has 0 bridgehead atoms. The van der Waals surface area contributed by atoms with Gasteiger partial charge in [-0.3, -0.25) is 9.48 Å². The summed E-state index contributed by atoms with van der Waals surface area (Å²) < 4.78 is 2.68. The predicted molar refractivity (Wildman–Crippen MR) is 81.0 cm³/mol. The first kappa shape index (κ1) is 16.4. The van der Waals surface area contributed by atoms with Gasteiger partial charge in [0, 0.05) is 25.9 Å². The van der Waals surface area contributed by atoms with Crippen molar-refractivity contribution < 1.29 is 4.79 Å². The molecule has 0 radical (unpaired) electrons. The van der Waals surface area contributed by atoms with Crippen LogP contribution in [0.2, 0.25) is 0 Å². The van der Waals surface area contributed by atoms with E-state index in [0.29, 0.717) is 12.8 Å². The Labute approximate surface area is 123 Å². The molecule has 1 unspecified atom stereocenters. The monoisotopic (exact) mass is 329 g/mol. The molecule has 2 N–H and O–H groups in total. The molecule has 1 rings (SSSR count). The topological polar surface area (TPSA) is 60.9 Å². The van der Waals surface area contributed by atoms with Gasteiger partial charge in [-0.25, -0.2) is 0 Å². The van der Waals surface area contributed by atoms with Gasteiger partial charge >= 0.3 is 0 Å². The van der Waals surface area contributed by atoms with Crippen LogP contribution in [0.25, 0.3) is 0 Å². The van der Waals surface area contributed by atoms with Crippen molar-refractivity contribution in [1.82, 2.24) is 9.78 Å². The molecule has 19 heavy (non-hydrogen) atoms. The SMILES string of the molecule is Cc1nn(C)c(CC(=O)CC(N)CC(C)(C)C)c1Br. The predicted octanol–water partition coefficient (Wildman–Crippen LogP) is 2.76. The fourth-order valence-electron chi connectivity index (χ4n) is 2.28. The van der Waals surface area contributed by atoms with Crippen LogP contribution in [0.15, 0.2) is 4.47 Å². The van der Waals surface area contributed by atoms with Crippen LogP contribution in [0.5, 0.6) is 0 Å². The second-order valence-corrected chi connectivity index (χ2v) is 7.21. The Kier molecular flexibility index (Phi) is 5.33. The van der Waals surface area contributed by atoms with E-state index in [4.69, 9.17) is 5.73 Å². The number of aromatic nitrogens is 2. The average molecular weight is 330 g/mol. The number of nitrogens with two attached hydrogens (primary N) is 1.